The molecular weight excluding hydrogens is 174 g/mol. The van der Waals surface area contributed by atoms with Gasteiger partial charge in [-0.05, 0) is 37.5 Å². The Morgan fingerprint density at radius 3 is 2.29 bits per heavy atom. The van der Waals surface area contributed by atoms with Crippen molar-refractivity contribution in [1.82, 2.24) is 5.32 Å². The van der Waals surface area contributed by atoms with E-state index in [4.69, 9.17) is 4.74 Å². The highest BCUT2D eigenvalue weighted by Crippen LogP contribution is 2.31. The van der Waals surface area contributed by atoms with Crippen LogP contribution in [0.3, 0.4) is 0 Å². The first kappa shape index (κ1) is 10.4. The van der Waals surface area contributed by atoms with E-state index in [1.165, 1.54) is 25.7 Å². The molecule has 0 aromatic carbocycles. The van der Waals surface area contributed by atoms with Gasteiger partial charge < -0.3 is 10.1 Å². The third-order valence-corrected chi connectivity index (χ3v) is 4.14. The molecule has 0 amide bonds. The van der Waals surface area contributed by atoms with Crippen molar-refractivity contribution in [2.75, 3.05) is 13.2 Å². The summed E-state index contributed by atoms with van der Waals surface area (Å²) in [5.74, 6) is 1.77. The van der Waals surface area contributed by atoms with Gasteiger partial charge in [-0.1, -0.05) is 13.8 Å². The van der Waals surface area contributed by atoms with Gasteiger partial charge in [-0.2, -0.15) is 0 Å². The molecule has 1 N–H and O–H groups in total. The second-order valence-corrected chi connectivity index (χ2v) is 5.07. The van der Waals surface area contributed by atoms with Crippen LogP contribution in [-0.2, 0) is 4.74 Å². The Balaban J connectivity index is 1.79. The molecular formula is C12H23NO. The molecule has 3 unspecified atom stereocenters. The third kappa shape index (κ3) is 2.29. The lowest BCUT2D eigenvalue weighted by atomic mass is 9.96. The summed E-state index contributed by atoms with van der Waals surface area (Å²) in [6, 6.07) is 1.49. The lowest BCUT2D eigenvalue weighted by Gasteiger charge is -2.29. The summed E-state index contributed by atoms with van der Waals surface area (Å²) < 4.78 is 5.37. The van der Waals surface area contributed by atoms with Crippen LogP contribution in [0.1, 0.15) is 39.5 Å². The van der Waals surface area contributed by atoms with E-state index in [-0.39, 0.29) is 0 Å². The van der Waals surface area contributed by atoms with Gasteiger partial charge in [0.1, 0.15) is 0 Å². The SMILES string of the molecule is CC1CCC(NC2CCOCC2)C1C. The fourth-order valence-corrected chi connectivity index (χ4v) is 2.77. The van der Waals surface area contributed by atoms with Gasteiger partial charge in [0.15, 0.2) is 0 Å². The Kier molecular flexibility index (Phi) is 3.45. The molecule has 2 rings (SSSR count). The Hall–Kier alpha value is -0.0800. The van der Waals surface area contributed by atoms with Crippen molar-refractivity contribution in [1.29, 1.82) is 0 Å². The van der Waals surface area contributed by atoms with Crippen LogP contribution in [0.25, 0.3) is 0 Å². The third-order valence-electron chi connectivity index (χ3n) is 4.14. The highest BCUT2D eigenvalue weighted by atomic mass is 16.5. The van der Waals surface area contributed by atoms with Crippen molar-refractivity contribution < 1.29 is 4.74 Å². The van der Waals surface area contributed by atoms with E-state index in [0.29, 0.717) is 0 Å². The zero-order valence-corrected chi connectivity index (χ0v) is 9.46. The molecule has 2 fully saturated rings. The molecule has 2 aliphatic rings. The minimum absolute atomic E-state index is 0.724. The fourth-order valence-electron chi connectivity index (χ4n) is 2.77. The molecule has 1 saturated carbocycles. The van der Waals surface area contributed by atoms with E-state index in [0.717, 1.165) is 37.1 Å². The molecule has 82 valence electrons. The highest BCUT2D eigenvalue weighted by molar-refractivity contribution is 4.87. The molecule has 1 saturated heterocycles. The minimum Gasteiger partial charge on any atom is -0.381 e. The predicted octanol–water partition coefficient (Wildman–Crippen LogP) is 2.19. The largest absolute Gasteiger partial charge is 0.381 e. The van der Waals surface area contributed by atoms with Crippen molar-refractivity contribution in [3.63, 3.8) is 0 Å². The quantitative estimate of drug-likeness (QED) is 0.732. The smallest absolute Gasteiger partial charge is 0.0480 e. The van der Waals surface area contributed by atoms with Crippen LogP contribution in [0, 0.1) is 11.8 Å². The average Bonchev–Trinajstić information content (AvgIpc) is 2.52. The molecule has 0 aromatic heterocycles. The second-order valence-electron chi connectivity index (χ2n) is 5.07. The van der Waals surface area contributed by atoms with E-state index >= 15 is 0 Å². The topological polar surface area (TPSA) is 21.3 Å². The summed E-state index contributed by atoms with van der Waals surface area (Å²) in [4.78, 5) is 0. The van der Waals surface area contributed by atoms with Gasteiger partial charge in [0.25, 0.3) is 0 Å². The van der Waals surface area contributed by atoms with Gasteiger partial charge in [-0.3, -0.25) is 0 Å². The second kappa shape index (κ2) is 4.63. The molecule has 1 aliphatic carbocycles. The number of rotatable bonds is 2. The lowest BCUT2D eigenvalue weighted by Crippen LogP contribution is -2.43. The fraction of sp³-hybridized carbons (Fsp3) is 1.00. The van der Waals surface area contributed by atoms with Crippen molar-refractivity contribution in [3.8, 4) is 0 Å². The summed E-state index contributed by atoms with van der Waals surface area (Å²) >= 11 is 0. The summed E-state index contributed by atoms with van der Waals surface area (Å²) in [6.45, 7) is 6.69. The Bertz CT molecular complexity index is 177. The van der Waals surface area contributed by atoms with Gasteiger partial charge in [-0.15, -0.1) is 0 Å². The van der Waals surface area contributed by atoms with Gasteiger partial charge in [0, 0.05) is 25.3 Å². The van der Waals surface area contributed by atoms with Crippen LogP contribution < -0.4 is 5.32 Å². The molecule has 0 aromatic rings. The molecule has 14 heavy (non-hydrogen) atoms. The lowest BCUT2D eigenvalue weighted by molar-refractivity contribution is 0.0731. The maximum absolute atomic E-state index is 5.37. The van der Waals surface area contributed by atoms with E-state index in [1.54, 1.807) is 0 Å². The predicted molar refractivity (Wildman–Crippen MR) is 58.3 cm³/mol. The summed E-state index contributed by atoms with van der Waals surface area (Å²) in [5.41, 5.74) is 0. The van der Waals surface area contributed by atoms with Gasteiger partial charge >= 0.3 is 0 Å². The zero-order chi connectivity index (χ0) is 9.97. The van der Waals surface area contributed by atoms with Crippen molar-refractivity contribution in [3.05, 3.63) is 0 Å². The Morgan fingerprint density at radius 2 is 1.71 bits per heavy atom. The summed E-state index contributed by atoms with van der Waals surface area (Å²) in [7, 11) is 0. The summed E-state index contributed by atoms with van der Waals surface area (Å²) in [6.07, 6.45) is 5.19. The molecule has 0 radical (unpaired) electrons. The first-order valence-corrected chi connectivity index (χ1v) is 6.11. The van der Waals surface area contributed by atoms with E-state index < -0.39 is 0 Å². The Morgan fingerprint density at radius 1 is 1.00 bits per heavy atom. The van der Waals surface area contributed by atoms with Crippen LogP contribution in [0.4, 0.5) is 0 Å². The first-order valence-electron chi connectivity index (χ1n) is 6.11. The number of hydrogen-bond donors (Lipinski definition) is 1. The van der Waals surface area contributed by atoms with Gasteiger partial charge in [0.05, 0.1) is 0 Å². The summed E-state index contributed by atoms with van der Waals surface area (Å²) in [5, 5.41) is 3.82. The first-order chi connectivity index (χ1) is 6.77. The van der Waals surface area contributed by atoms with Crippen LogP contribution in [0.2, 0.25) is 0 Å². The van der Waals surface area contributed by atoms with Crippen LogP contribution >= 0.6 is 0 Å². The van der Waals surface area contributed by atoms with Crippen LogP contribution in [0.15, 0.2) is 0 Å². The number of ether oxygens (including phenoxy) is 1. The minimum atomic E-state index is 0.724. The van der Waals surface area contributed by atoms with Gasteiger partial charge in [0.2, 0.25) is 0 Å². The molecule has 2 heteroatoms. The number of nitrogens with one attached hydrogen (secondary N) is 1. The van der Waals surface area contributed by atoms with E-state index in [1.807, 2.05) is 0 Å². The molecule has 1 aliphatic heterocycles. The van der Waals surface area contributed by atoms with Crippen LogP contribution in [0.5, 0.6) is 0 Å². The number of hydrogen-bond acceptors (Lipinski definition) is 2. The van der Waals surface area contributed by atoms with Gasteiger partial charge in [-0.25, -0.2) is 0 Å². The molecule has 2 nitrogen and oxygen atoms in total. The molecule has 3 atom stereocenters. The van der Waals surface area contributed by atoms with Crippen molar-refractivity contribution in [2.45, 2.75) is 51.6 Å². The van der Waals surface area contributed by atoms with E-state index in [9.17, 15) is 0 Å². The maximum Gasteiger partial charge on any atom is 0.0480 e. The maximum atomic E-state index is 5.37. The van der Waals surface area contributed by atoms with Crippen molar-refractivity contribution in [2.24, 2.45) is 11.8 Å². The normalized spacial score (nSPS) is 40.3. The molecule has 0 spiro atoms. The monoisotopic (exact) mass is 197 g/mol. The Labute approximate surface area is 87.4 Å². The average molecular weight is 197 g/mol. The standard InChI is InChI=1S/C12H23NO/c1-9-3-4-12(10(9)2)13-11-5-7-14-8-6-11/h9-13H,3-8H2,1-2H3. The van der Waals surface area contributed by atoms with Crippen molar-refractivity contribution >= 4 is 0 Å². The van der Waals surface area contributed by atoms with E-state index in [2.05, 4.69) is 19.2 Å². The highest BCUT2D eigenvalue weighted by Gasteiger charge is 2.31. The molecule has 0 bridgehead atoms. The molecule has 1 heterocycles. The zero-order valence-electron chi connectivity index (χ0n) is 9.46. The van der Waals surface area contributed by atoms with Crippen LogP contribution in [-0.4, -0.2) is 25.3 Å².